The lowest BCUT2D eigenvalue weighted by atomic mass is 9.91. The minimum absolute atomic E-state index is 0.0297. The summed E-state index contributed by atoms with van der Waals surface area (Å²) in [7, 11) is 3.34. The number of carbonyl (C=O) groups excluding carboxylic acids is 1. The largest absolute Gasteiger partial charge is 0.495 e. The fraction of sp³-hybridized carbons (Fsp3) is 0.182. The first-order valence-corrected chi connectivity index (χ1v) is 9.55. The molecule has 0 unspecified atom stereocenters. The van der Waals surface area contributed by atoms with Crippen molar-refractivity contribution in [3.05, 3.63) is 64.1 Å². The van der Waals surface area contributed by atoms with Crippen molar-refractivity contribution in [2.45, 2.75) is 0 Å². The van der Waals surface area contributed by atoms with Crippen LogP contribution in [0.1, 0.15) is 15.9 Å². The molecule has 8 heteroatoms. The molecule has 2 N–H and O–H groups in total. The van der Waals surface area contributed by atoms with E-state index in [4.69, 9.17) is 28.6 Å². The zero-order valence-corrected chi connectivity index (χ0v) is 17.2. The van der Waals surface area contributed by atoms with Crippen LogP contribution in [-0.4, -0.2) is 41.5 Å². The molecule has 7 nitrogen and oxygen atoms in total. The van der Waals surface area contributed by atoms with Crippen LogP contribution in [0.5, 0.6) is 5.75 Å². The van der Waals surface area contributed by atoms with Gasteiger partial charge >= 0.3 is 0 Å². The Morgan fingerprint density at radius 2 is 2.03 bits per heavy atom. The predicted octanol–water partition coefficient (Wildman–Crippen LogP) is 3.91. The molecule has 2 aromatic carbocycles. The van der Waals surface area contributed by atoms with Crippen molar-refractivity contribution in [3.63, 3.8) is 0 Å². The number of aliphatic imine (C=N–C) groups is 1. The SMILES string of the molecule is [C-]#[N+]c1cc(Cl)c(OC)cc1-c1c(-c2ccc3c(c2)C(CN)=NCC3=O)cnn1C. The van der Waals surface area contributed by atoms with Gasteiger partial charge in [0.1, 0.15) is 12.3 Å². The quantitative estimate of drug-likeness (QED) is 0.649. The molecule has 150 valence electrons. The van der Waals surface area contributed by atoms with Crippen LogP contribution in [0.25, 0.3) is 27.2 Å². The van der Waals surface area contributed by atoms with Crippen molar-refractivity contribution < 1.29 is 9.53 Å². The summed E-state index contributed by atoms with van der Waals surface area (Å²) in [5.41, 5.74) is 11.3. The van der Waals surface area contributed by atoms with Gasteiger partial charge in [-0.05, 0) is 23.8 Å². The third kappa shape index (κ3) is 3.16. The molecule has 1 aliphatic rings. The van der Waals surface area contributed by atoms with Gasteiger partial charge in [0.05, 0.1) is 36.3 Å². The molecule has 30 heavy (non-hydrogen) atoms. The number of carbonyl (C=O) groups is 1. The fourth-order valence-corrected chi connectivity index (χ4v) is 3.89. The van der Waals surface area contributed by atoms with E-state index >= 15 is 0 Å². The molecular formula is C22H18ClN5O2. The van der Waals surface area contributed by atoms with Crippen molar-refractivity contribution >= 4 is 28.8 Å². The number of methoxy groups -OCH3 is 1. The molecule has 2 heterocycles. The Morgan fingerprint density at radius 1 is 1.23 bits per heavy atom. The molecular weight excluding hydrogens is 402 g/mol. The van der Waals surface area contributed by atoms with Crippen LogP contribution in [0.15, 0.2) is 41.5 Å². The maximum atomic E-state index is 12.2. The van der Waals surface area contributed by atoms with Crippen molar-refractivity contribution in [1.29, 1.82) is 0 Å². The van der Waals surface area contributed by atoms with Gasteiger partial charge in [-0.2, -0.15) is 5.10 Å². The second-order valence-corrected chi connectivity index (χ2v) is 7.20. The predicted molar refractivity (Wildman–Crippen MR) is 117 cm³/mol. The number of ketones is 1. The zero-order chi connectivity index (χ0) is 21.4. The standard InChI is InChI=1S/C22H18ClN5O2/c1-25-18-8-17(23)21(30-3)7-15(18)22-16(10-27-28(22)2)12-4-5-13-14(6-12)19(9-24)26-11-20(13)29/h4-8,10H,9,11,24H2,2-3H3. The van der Waals surface area contributed by atoms with E-state index in [-0.39, 0.29) is 18.9 Å². The Hall–Kier alpha value is -3.47. The Kier molecular flexibility index (Phi) is 5.12. The minimum Gasteiger partial charge on any atom is -0.495 e. The highest BCUT2D eigenvalue weighted by Gasteiger charge is 2.23. The van der Waals surface area contributed by atoms with Gasteiger partial charge in [-0.25, -0.2) is 4.85 Å². The molecule has 0 saturated carbocycles. The number of Topliss-reactive ketones (excluding diaryl/α,β-unsaturated/α-hetero) is 1. The first kappa shape index (κ1) is 19.8. The Balaban J connectivity index is 1.93. The fourth-order valence-electron chi connectivity index (χ4n) is 3.66. The number of halogens is 1. The molecule has 4 rings (SSSR count). The van der Waals surface area contributed by atoms with Gasteiger partial charge in [0.15, 0.2) is 11.5 Å². The lowest BCUT2D eigenvalue weighted by Crippen LogP contribution is -2.24. The van der Waals surface area contributed by atoms with E-state index in [9.17, 15) is 4.79 Å². The summed E-state index contributed by atoms with van der Waals surface area (Å²) in [6.07, 6.45) is 1.73. The Labute approximate surface area is 178 Å². The van der Waals surface area contributed by atoms with Crippen LogP contribution in [0, 0.1) is 6.57 Å². The monoisotopic (exact) mass is 419 g/mol. The summed E-state index contributed by atoms with van der Waals surface area (Å²) < 4.78 is 7.06. The van der Waals surface area contributed by atoms with Crippen LogP contribution in [0.4, 0.5) is 5.69 Å². The number of hydrogen-bond donors (Lipinski definition) is 1. The normalized spacial score (nSPS) is 12.9. The molecule has 0 atom stereocenters. The van der Waals surface area contributed by atoms with E-state index in [1.165, 1.54) is 7.11 Å². The summed E-state index contributed by atoms with van der Waals surface area (Å²) in [5.74, 6) is 0.442. The maximum absolute atomic E-state index is 12.2. The number of aromatic nitrogens is 2. The lowest BCUT2D eigenvalue weighted by Gasteiger charge is -2.17. The molecule has 1 aliphatic heterocycles. The van der Waals surface area contributed by atoms with Gasteiger partial charge in [0, 0.05) is 35.8 Å². The van der Waals surface area contributed by atoms with E-state index < -0.39 is 0 Å². The Bertz CT molecular complexity index is 1250. The van der Waals surface area contributed by atoms with Gasteiger partial charge < -0.3 is 10.5 Å². The molecule has 0 aliphatic carbocycles. The molecule has 0 fully saturated rings. The second kappa shape index (κ2) is 7.75. The third-order valence-electron chi connectivity index (χ3n) is 5.13. The van der Waals surface area contributed by atoms with Gasteiger partial charge in [0.25, 0.3) is 0 Å². The van der Waals surface area contributed by atoms with E-state index in [1.807, 2.05) is 19.2 Å². The second-order valence-electron chi connectivity index (χ2n) is 6.80. The number of nitrogens with zero attached hydrogens (tertiary/aromatic N) is 4. The number of ether oxygens (including phenoxy) is 1. The summed E-state index contributed by atoms with van der Waals surface area (Å²) in [6.45, 7) is 7.95. The molecule has 0 amide bonds. The summed E-state index contributed by atoms with van der Waals surface area (Å²) in [5, 5.41) is 4.77. The van der Waals surface area contributed by atoms with Crippen LogP contribution in [-0.2, 0) is 7.05 Å². The summed E-state index contributed by atoms with van der Waals surface area (Å²) in [6, 6.07) is 8.91. The first-order valence-electron chi connectivity index (χ1n) is 9.17. The number of rotatable bonds is 4. The number of benzene rings is 2. The van der Waals surface area contributed by atoms with Crippen molar-refractivity contribution in [1.82, 2.24) is 9.78 Å². The maximum Gasteiger partial charge on any atom is 0.198 e. The molecule has 1 aromatic heterocycles. The molecule has 0 saturated heterocycles. The van der Waals surface area contributed by atoms with Gasteiger partial charge in [0.2, 0.25) is 0 Å². The Morgan fingerprint density at radius 3 is 2.73 bits per heavy atom. The lowest BCUT2D eigenvalue weighted by molar-refractivity contribution is 0.1000. The van der Waals surface area contributed by atoms with Crippen molar-refractivity contribution in [2.24, 2.45) is 17.8 Å². The molecule has 0 bridgehead atoms. The van der Waals surface area contributed by atoms with E-state index in [0.717, 1.165) is 22.4 Å². The van der Waals surface area contributed by atoms with Crippen LogP contribution in [0.3, 0.4) is 0 Å². The van der Waals surface area contributed by atoms with Crippen molar-refractivity contribution in [3.8, 4) is 28.1 Å². The van der Waals surface area contributed by atoms with Crippen molar-refractivity contribution in [2.75, 3.05) is 20.2 Å². The number of hydrogen-bond acceptors (Lipinski definition) is 5. The third-order valence-corrected chi connectivity index (χ3v) is 5.43. The smallest absolute Gasteiger partial charge is 0.198 e. The molecule has 3 aromatic rings. The zero-order valence-electron chi connectivity index (χ0n) is 16.4. The topological polar surface area (TPSA) is 86.9 Å². The highest BCUT2D eigenvalue weighted by molar-refractivity contribution is 6.32. The number of fused-ring (bicyclic) bond motifs is 1. The van der Waals surface area contributed by atoms with Crippen LogP contribution >= 0.6 is 11.6 Å². The van der Waals surface area contributed by atoms with Gasteiger partial charge in [-0.3, -0.25) is 14.5 Å². The number of nitrogens with two attached hydrogens (primary N) is 1. The minimum atomic E-state index is -0.0297. The highest BCUT2D eigenvalue weighted by Crippen LogP contribution is 2.42. The average molecular weight is 420 g/mol. The molecule has 0 spiro atoms. The van der Waals surface area contributed by atoms with Gasteiger partial charge in [-0.15, -0.1) is 0 Å². The van der Waals surface area contributed by atoms with E-state index in [1.54, 1.807) is 29.1 Å². The first-order chi connectivity index (χ1) is 14.5. The van der Waals surface area contributed by atoms with Crippen LogP contribution < -0.4 is 10.5 Å². The van der Waals surface area contributed by atoms with Gasteiger partial charge in [-0.1, -0.05) is 23.7 Å². The summed E-state index contributed by atoms with van der Waals surface area (Å²) >= 11 is 6.22. The van der Waals surface area contributed by atoms with E-state index in [0.29, 0.717) is 33.3 Å². The highest BCUT2D eigenvalue weighted by atomic mass is 35.5. The average Bonchev–Trinajstić information content (AvgIpc) is 3.14. The van der Waals surface area contributed by atoms with Crippen LogP contribution in [0.2, 0.25) is 5.02 Å². The molecule has 0 radical (unpaired) electrons. The summed E-state index contributed by atoms with van der Waals surface area (Å²) in [4.78, 5) is 20.2. The number of aryl methyl sites for hydroxylation is 1. The van der Waals surface area contributed by atoms with E-state index in [2.05, 4.69) is 14.9 Å².